The lowest BCUT2D eigenvalue weighted by Crippen LogP contribution is -2.35. The topological polar surface area (TPSA) is 164 Å². The number of aromatic nitrogens is 2. The van der Waals surface area contributed by atoms with Crippen molar-refractivity contribution in [1.29, 1.82) is 0 Å². The number of hydrogen-bond acceptors (Lipinski definition) is 9. The van der Waals surface area contributed by atoms with Gasteiger partial charge in [-0.15, -0.1) is 0 Å². The lowest BCUT2D eigenvalue weighted by molar-refractivity contribution is -0.128. The SMILES string of the molecule is O=C(Cc1cnc([C@@H](O)[C@H](O)[C@H](O)CO)cn1)[C@@H](O)CO. The average Bonchev–Trinajstić information content (AvgIpc) is 2.52. The first-order valence-corrected chi connectivity index (χ1v) is 6.18. The molecule has 0 aromatic carbocycles. The van der Waals surface area contributed by atoms with Gasteiger partial charge >= 0.3 is 0 Å². The van der Waals surface area contributed by atoms with Crippen LogP contribution >= 0.6 is 0 Å². The van der Waals surface area contributed by atoms with E-state index in [0.29, 0.717) is 0 Å². The number of rotatable bonds is 8. The number of carbonyl (C=O) groups excluding carboxylic acids is 1. The molecule has 0 radical (unpaired) electrons. The van der Waals surface area contributed by atoms with Crippen molar-refractivity contribution >= 4 is 5.78 Å². The van der Waals surface area contributed by atoms with Gasteiger partial charge in [0, 0.05) is 6.20 Å². The number of nitrogens with zero attached hydrogens (tertiary/aromatic N) is 2. The first-order chi connectivity index (χ1) is 9.90. The van der Waals surface area contributed by atoms with Crippen molar-refractivity contribution in [2.24, 2.45) is 0 Å². The highest BCUT2D eigenvalue weighted by atomic mass is 16.4. The van der Waals surface area contributed by atoms with Gasteiger partial charge in [-0.05, 0) is 0 Å². The molecule has 0 spiro atoms. The third kappa shape index (κ3) is 4.77. The fraction of sp³-hybridized carbons (Fsp3) is 0.583. The zero-order chi connectivity index (χ0) is 16.0. The molecule has 0 saturated heterocycles. The van der Waals surface area contributed by atoms with Crippen LogP contribution in [0.4, 0.5) is 0 Å². The maximum atomic E-state index is 11.4. The van der Waals surface area contributed by atoms with Gasteiger partial charge in [0.25, 0.3) is 0 Å². The molecule has 4 atom stereocenters. The number of carbonyl (C=O) groups is 1. The van der Waals surface area contributed by atoms with Gasteiger partial charge in [0.15, 0.2) is 5.78 Å². The molecule has 118 valence electrons. The molecule has 0 aliphatic carbocycles. The fourth-order valence-electron chi connectivity index (χ4n) is 1.50. The molecule has 1 rings (SSSR count). The number of aliphatic hydroxyl groups is 6. The maximum absolute atomic E-state index is 11.4. The van der Waals surface area contributed by atoms with Crippen LogP contribution in [0.15, 0.2) is 12.4 Å². The van der Waals surface area contributed by atoms with Gasteiger partial charge in [-0.1, -0.05) is 0 Å². The van der Waals surface area contributed by atoms with E-state index in [1.165, 1.54) is 6.20 Å². The van der Waals surface area contributed by atoms with Crippen molar-refractivity contribution < 1.29 is 35.4 Å². The molecule has 0 aliphatic rings. The zero-order valence-corrected chi connectivity index (χ0v) is 11.1. The van der Waals surface area contributed by atoms with Crippen LogP contribution in [0.25, 0.3) is 0 Å². The van der Waals surface area contributed by atoms with Gasteiger partial charge in [-0.25, -0.2) is 0 Å². The van der Waals surface area contributed by atoms with Crippen LogP contribution in [-0.4, -0.2) is 77.9 Å². The summed E-state index contributed by atoms with van der Waals surface area (Å²) < 4.78 is 0. The summed E-state index contributed by atoms with van der Waals surface area (Å²) in [5.74, 6) is -0.629. The second-order valence-corrected chi connectivity index (χ2v) is 4.46. The van der Waals surface area contributed by atoms with Crippen LogP contribution in [0, 0.1) is 0 Å². The Morgan fingerprint density at radius 1 is 1.05 bits per heavy atom. The molecular formula is C12H18N2O7. The third-order valence-corrected chi connectivity index (χ3v) is 2.83. The first-order valence-electron chi connectivity index (χ1n) is 6.18. The average molecular weight is 302 g/mol. The summed E-state index contributed by atoms with van der Waals surface area (Å²) in [4.78, 5) is 19.0. The highest BCUT2D eigenvalue weighted by Crippen LogP contribution is 2.16. The molecule has 1 aromatic rings. The predicted octanol–water partition coefficient (Wildman–Crippen LogP) is -3.31. The summed E-state index contributed by atoms with van der Waals surface area (Å²) in [5, 5.41) is 54.9. The number of hydrogen-bond donors (Lipinski definition) is 6. The van der Waals surface area contributed by atoms with E-state index >= 15 is 0 Å². The zero-order valence-electron chi connectivity index (χ0n) is 11.1. The monoisotopic (exact) mass is 302 g/mol. The normalized spacial score (nSPS) is 17.0. The lowest BCUT2D eigenvalue weighted by Gasteiger charge is -2.20. The Kier molecular flexibility index (Phi) is 6.75. The minimum atomic E-state index is -1.63. The highest BCUT2D eigenvalue weighted by Gasteiger charge is 2.26. The van der Waals surface area contributed by atoms with Crippen LogP contribution < -0.4 is 0 Å². The standard InChI is InChI=1S/C12H18N2O7/c15-4-9(18)8(17)1-6-2-14-7(3-13-6)11(20)12(21)10(19)5-16/h2-3,9-12,15-16,18-21H,1,4-5H2/t9-,10+,11+,12+/m0/s1. The van der Waals surface area contributed by atoms with Crippen LogP contribution in [0.3, 0.4) is 0 Å². The Hall–Kier alpha value is -1.49. The molecule has 9 nitrogen and oxygen atoms in total. The highest BCUT2D eigenvalue weighted by molar-refractivity contribution is 5.84. The first kappa shape index (κ1) is 17.6. The summed E-state index contributed by atoms with van der Waals surface area (Å²) >= 11 is 0. The molecule has 0 bridgehead atoms. The molecular weight excluding hydrogens is 284 g/mol. The van der Waals surface area contributed by atoms with Gasteiger partial charge < -0.3 is 30.6 Å². The summed E-state index contributed by atoms with van der Waals surface area (Å²) in [6.45, 7) is -1.41. The molecule has 0 fully saturated rings. The van der Waals surface area contributed by atoms with E-state index < -0.39 is 43.4 Å². The largest absolute Gasteiger partial charge is 0.394 e. The van der Waals surface area contributed by atoms with E-state index in [-0.39, 0.29) is 17.8 Å². The molecule has 0 unspecified atom stereocenters. The van der Waals surface area contributed by atoms with Gasteiger partial charge in [0.05, 0.1) is 37.2 Å². The van der Waals surface area contributed by atoms with Crippen molar-refractivity contribution in [2.75, 3.05) is 13.2 Å². The fourth-order valence-corrected chi connectivity index (χ4v) is 1.50. The lowest BCUT2D eigenvalue weighted by atomic mass is 10.1. The van der Waals surface area contributed by atoms with Crippen molar-refractivity contribution in [3.05, 3.63) is 23.8 Å². The van der Waals surface area contributed by atoms with Crippen LogP contribution in [0.5, 0.6) is 0 Å². The van der Waals surface area contributed by atoms with Crippen LogP contribution in [0.2, 0.25) is 0 Å². The molecule has 21 heavy (non-hydrogen) atoms. The quantitative estimate of drug-likeness (QED) is 0.288. The third-order valence-electron chi connectivity index (χ3n) is 2.83. The second kappa shape index (κ2) is 8.08. The molecule has 6 N–H and O–H groups in total. The predicted molar refractivity (Wildman–Crippen MR) is 67.9 cm³/mol. The van der Waals surface area contributed by atoms with Gasteiger partial charge in [0.1, 0.15) is 24.4 Å². The Labute approximate surface area is 120 Å². The van der Waals surface area contributed by atoms with E-state index in [4.69, 9.17) is 15.3 Å². The van der Waals surface area contributed by atoms with E-state index in [2.05, 4.69) is 9.97 Å². The van der Waals surface area contributed by atoms with E-state index in [1.807, 2.05) is 0 Å². The second-order valence-electron chi connectivity index (χ2n) is 4.46. The number of ketones is 1. The minimum Gasteiger partial charge on any atom is -0.394 e. The molecule has 0 saturated carbocycles. The van der Waals surface area contributed by atoms with Gasteiger partial charge in [-0.2, -0.15) is 0 Å². The summed E-state index contributed by atoms with van der Waals surface area (Å²) in [5.41, 5.74) is 0.162. The summed E-state index contributed by atoms with van der Waals surface area (Å²) in [7, 11) is 0. The molecule has 9 heteroatoms. The van der Waals surface area contributed by atoms with Gasteiger partial charge in [-0.3, -0.25) is 14.8 Å². The molecule has 0 aliphatic heterocycles. The Bertz CT molecular complexity index is 453. The molecule has 1 heterocycles. The summed E-state index contributed by atoms with van der Waals surface area (Å²) in [6.07, 6.45) is -4.17. The Balaban J connectivity index is 2.71. The van der Waals surface area contributed by atoms with Crippen molar-refractivity contribution in [3.8, 4) is 0 Å². The molecule has 0 amide bonds. The maximum Gasteiger partial charge on any atom is 0.169 e. The molecule has 1 aromatic heterocycles. The minimum absolute atomic E-state index is 0.0473. The van der Waals surface area contributed by atoms with Crippen LogP contribution in [0.1, 0.15) is 17.5 Å². The Morgan fingerprint density at radius 3 is 2.19 bits per heavy atom. The Morgan fingerprint density at radius 2 is 1.71 bits per heavy atom. The van der Waals surface area contributed by atoms with Crippen LogP contribution in [-0.2, 0) is 11.2 Å². The van der Waals surface area contributed by atoms with E-state index in [9.17, 15) is 20.1 Å². The van der Waals surface area contributed by atoms with E-state index in [1.54, 1.807) is 0 Å². The van der Waals surface area contributed by atoms with Crippen molar-refractivity contribution in [2.45, 2.75) is 30.8 Å². The summed E-state index contributed by atoms with van der Waals surface area (Å²) in [6, 6.07) is 0. The van der Waals surface area contributed by atoms with Gasteiger partial charge in [0.2, 0.25) is 0 Å². The number of Topliss-reactive ketones (excluding diaryl/α,β-unsaturated/α-hetero) is 1. The number of aliphatic hydroxyl groups excluding tert-OH is 6. The van der Waals surface area contributed by atoms with Crippen molar-refractivity contribution in [1.82, 2.24) is 9.97 Å². The van der Waals surface area contributed by atoms with E-state index in [0.717, 1.165) is 6.20 Å². The van der Waals surface area contributed by atoms with Crippen molar-refractivity contribution in [3.63, 3.8) is 0 Å². The smallest absolute Gasteiger partial charge is 0.169 e.